The van der Waals surface area contributed by atoms with Crippen LogP contribution < -0.4 is 14.8 Å². The lowest BCUT2D eigenvalue weighted by Gasteiger charge is -2.26. The Morgan fingerprint density at radius 2 is 1.96 bits per heavy atom. The number of methoxy groups -OCH3 is 1. The minimum absolute atomic E-state index is 0.227. The van der Waals surface area contributed by atoms with Gasteiger partial charge in [-0.15, -0.1) is 0 Å². The molecule has 1 aromatic heterocycles. The van der Waals surface area contributed by atoms with Gasteiger partial charge in [-0.2, -0.15) is 0 Å². The average Bonchev–Trinajstić information content (AvgIpc) is 3.28. The maximum absolute atomic E-state index is 12.8. The predicted octanol–water partition coefficient (Wildman–Crippen LogP) is 3.11. The van der Waals surface area contributed by atoms with Crippen LogP contribution >= 0.6 is 0 Å². The summed E-state index contributed by atoms with van der Waals surface area (Å²) in [5.74, 6) is 0.752. The van der Waals surface area contributed by atoms with Gasteiger partial charge in [0, 0.05) is 17.7 Å². The molecule has 150 valence electrons. The first-order valence-corrected chi connectivity index (χ1v) is 9.26. The number of aromatic nitrogens is 1. The summed E-state index contributed by atoms with van der Waals surface area (Å²) in [6.07, 6.45) is 0.598. The second-order valence-electron chi connectivity index (χ2n) is 7.46. The maximum atomic E-state index is 12.8. The van der Waals surface area contributed by atoms with E-state index in [2.05, 4.69) is 10.3 Å². The summed E-state index contributed by atoms with van der Waals surface area (Å²) in [5, 5.41) is 2.97. The lowest BCUT2D eigenvalue weighted by molar-refractivity contribution is 0.0599. The summed E-state index contributed by atoms with van der Waals surface area (Å²) in [6, 6.07) is 5.80. The molecule has 0 saturated heterocycles. The number of carbonyl (C=O) groups excluding carboxylic acids is 2. The molecule has 0 spiro atoms. The molecular formula is C21H26N2O5. The zero-order valence-electron chi connectivity index (χ0n) is 16.9. The van der Waals surface area contributed by atoms with Crippen LogP contribution in [0.15, 0.2) is 18.2 Å². The SMILES string of the molecule is CCc1[nH]c(C(=O)NCC(C)(C)c2ccc3c(c2)OCO3)c(C)c1C(=O)OC. The first-order chi connectivity index (χ1) is 13.3. The molecule has 1 amide bonds. The number of nitrogens with one attached hydrogen (secondary N) is 2. The molecule has 1 aromatic carbocycles. The Hall–Kier alpha value is -2.96. The quantitative estimate of drug-likeness (QED) is 0.745. The number of H-pyrrole nitrogens is 1. The molecule has 0 aliphatic carbocycles. The topological polar surface area (TPSA) is 89.7 Å². The predicted molar refractivity (Wildman–Crippen MR) is 104 cm³/mol. The van der Waals surface area contributed by atoms with E-state index >= 15 is 0 Å². The van der Waals surface area contributed by atoms with Gasteiger partial charge in [-0.3, -0.25) is 4.79 Å². The molecule has 0 atom stereocenters. The van der Waals surface area contributed by atoms with Crippen molar-refractivity contribution in [1.82, 2.24) is 10.3 Å². The molecule has 7 heteroatoms. The molecular weight excluding hydrogens is 360 g/mol. The van der Waals surface area contributed by atoms with E-state index < -0.39 is 5.97 Å². The van der Waals surface area contributed by atoms with Crippen molar-refractivity contribution in [2.75, 3.05) is 20.4 Å². The van der Waals surface area contributed by atoms with Gasteiger partial charge in [0.25, 0.3) is 5.91 Å². The fraction of sp³-hybridized carbons (Fsp3) is 0.429. The summed E-state index contributed by atoms with van der Waals surface area (Å²) in [5.41, 5.74) is 2.83. The van der Waals surface area contributed by atoms with E-state index in [4.69, 9.17) is 14.2 Å². The van der Waals surface area contributed by atoms with E-state index in [0.29, 0.717) is 41.2 Å². The third kappa shape index (κ3) is 3.56. The second-order valence-corrected chi connectivity index (χ2v) is 7.46. The summed E-state index contributed by atoms with van der Waals surface area (Å²) >= 11 is 0. The highest BCUT2D eigenvalue weighted by molar-refractivity contribution is 6.00. The van der Waals surface area contributed by atoms with Crippen LogP contribution in [0.3, 0.4) is 0 Å². The normalized spacial score (nSPS) is 12.8. The van der Waals surface area contributed by atoms with E-state index in [-0.39, 0.29) is 18.1 Å². The van der Waals surface area contributed by atoms with E-state index in [1.807, 2.05) is 39.0 Å². The number of esters is 1. The van der Waals surface area contributed by atoms with Gasteiger partial charge in [0.05, 0.1) is 12.7 Å². The van der Waals surface area contributed by atoms with Gasteiger partial charge in [0.15, 0.2) is 11.5 Å². The Balaban J connectivity index is 1.76. The van der Waals surface area contributed by atoms with Crippen LogP contribution in [-0.4, -0.2) is 37.3 Å². The van der Waals surface area contributed by atoms with Crippen molar-refractivity contribution in [3.63, 3.8) is 0 Å². The van der Waals surface area contributed by atoms with Crippen molar-refractivity contribution in [3.8, 4) is 11.5 Å². The van der Waals surface area contributed by atoms with Gasteiger partial charge in [0.1, 0.15) is 5.69 Å². The first-order valence-electron chi connectivity index (χ1n) is 9.26. The van der Waals surface area contributed by atoms with Gasteiger partial charge in [-0.25, -0.2) is 4.79 Å². The summed E-state index contributed by atoms with van der Waals surface area (Å²) < 4.78 is 15.7. The summed E-state index contributed by atoms with van der Waals surface area (Å²) in [4.78, 5) is 27.9. The van der Waals surface area contributed by atoms with Gasteiger partial charge < -0.3 is 24.5 Å². The first kappa shape index (κ1) is 19.8. The van der Waals surface area contributed by atoms with Crippen molar-refractivity contribution in [3.05, 3.63) is 46.3 Å². The van der Waals surface area contributed by atoms with Crippen LogP contribution in [0.1, 0.15) is 58.4 Å². The Bertz CT molecular complexity index is 914. The monoisotopic (exact) mass is 386 g/mol. The smallest absolute Gasteiger partial charge is 0.339 e. The zero-order chi connectivity index (χ0) is 20.5. The Morgan fingerprint density at radius 1 is 1.25 bits per heavy atom. The molecule has 2 aromatic rings. The molecule has 2 N–H and O–H groups in total. The molecule has 1 aliphatic rings. The molecule has 1 aliphatic heterocycles. The van der Waals surface area contributed by atoms with Crippen molar-refractivity contribution in [2.24, 2.45) is 0 Å². The van der Waals surface area contributed by atoms with Gasteiger partial charge >= 0.3 is 5.97 Å². The van der Waals surface area contributed by atoms with Crippen LogP contribution in [0.5, 0.6) is 11.5 Å². The molecule has 0 radical (unpaired) electrons. The van der Waals surface area contributed by atoms with Crippen LogP contribution in [0, 0.1) is 6.92 Å². The molecule has 2 heterocycles. The second kappa shape index (κ2) is 7.58. The minimum atomic E-state index is -0.440. The van der Waals surface area contributed by atoms with Gasteiger partial charge in [-0.1, -0.05) is 26.8 Å². The fourth-order valence-corrected chi connectivity index (χ4v) is 3.34. The largest absolute Gasteiger partial charge is 0.465 e. The van der Waals surface area contributed by atoms with E-state index in [1.54, 1.807) is 6.92 Å². The van der Waals surface area contributed by atoms with Crippen LogP contribution in [0.4, 0.5) is 0 Å². The van der Waals surface area contributed by atoms with Crippen molar-refractivity contribution < 1.29 is 23.8 Å². The van der Waals surface area contributed by atoms with E-state index in [0.717, 1.165) is 11.3 Å². The van der Waals surface area contributed by atoms with E-state index in [9.17, 15) is 9.59 Å². The van der Waals surface area contributed by atoms with Crippen LogP contribution in [0.2, 0.25) is 0 Å². The highest BCUT2D eigenvalue weighted by Gasteiger charge is 2.27. The number of hydrogen-bond acceptors (Lipinski definition) is 5. The molecule has 0 fully saturated rings. The Morgan fingerprint density at radius 3 is 2.64 bits per heavy atom. The standard InChI is InChI=1S/C21H26N2O5/c1-6-14-17(20(25)26-5)12(2)18(23-14)19(24)22-10-21(3,4)13-7-8-15-16(9-13)28-11-27-15/h7-9,23H,6,10-11H2,1-5H3,(H,22,24). The summed E-state index contributed by atoms with van der Waals surface area (Å²) in [6.45, 7) is 8.40. The maximum Gasteiger partial charge on any atom is 0.339 e. The highest BCUT2D eigenvalue weighted by atomic mass is 16.7. The van der Waals surface area contributed by atoms with Crippen molar-refractivity contribution in [2.45, 2.75) is 39.5 Å². The molecule has 0 saturated carbocycles. The number of aromatic amines is 1. The Kier molecular flexibility index (Phi) is 5.36. The highest BCUT2D eigenvalue weighted by Crippen LogP contribution is 2.36. The number of amides is 1. The number of rotatable bonds is 6. The average molecular weight is 386 g/mol. The number of benzene rings is 1. The lowest BCUT2D eigenvalue weighted by Crippen LogP contribution is -2.37. The number of ether oxygens (including phenoxy) is 3. The Labute approximate surface area is 164 Å². The molecule has 0 bridgehead atoms. The molecule has 3 rings (SSSR count). The number of aryl methyl sites for hydroxylation is 1. The molecule has 0 unspecified atom stereocenters. The minimum Gasteiger partial charge on any atom is -0.465 e. The fourth-order valence-electron chi connectivity index (χ4n) is 3.34. The summed E-state index contributed by atoms with van der Waals surface area (Å²) in [7, 11) is 1.34. The van der Waals surface area contributed by atoms with Crippen LogP contribution in [0.25, 0.3) is 0 Å². The number of carbonyl (C=O) groups is 2. The molecule has 7 nitrogen and oxygen atoms in total. The number of fused-ring (bicyclic) bond motifs is 1. The third-order valence-electron chi connectivity index (χ3n) is 5.14. The molecule has 28 heavy (non-hydrogen) atoms. The zero-order valence-corrected chi connectivity index (χ0v) is 16.9. The lowest BCUT2D eigenvalue weighted by atomic mass is 9.84. The van der Waals surface area contributed by atoms with Gasteiger partial charge in [0.2, 0.25) is 6.79 Å². The van der Waals surface area contributed by atoms with Crippen molar-refractivity contribution >= 4 is 11.9 Å². The number of hydrogen-bond donors (Lipinski definition) is 2. The van der Waals surface area contributed by atoms with Crippen LogP contribution in [-0.2, 0) is 16.6 Å². The third-order valence-corrected chi connectivity index (χ3v) is 5.14. The van der Waals surface area contributed by atoms with E-state index in [1.165, 1.54) is 7.11 Å². The van der Waals surface area contributed by atoms with Gasteiger partial charge in [-0.05, 0) is 36.6 Å². The van der Waals surface area contributed by atoms with Crippen molar-refractivity contribution in [1.29, 1.82) is 0 Å².